The molecular weight excluding hydrogens is 292 g/mol. The second kappa shape index (κ2) is 7.11. The number of rotatable bonds is 6. The molecule has 0 bridgehead atoms. The number of nitrogens with two attached hydrogens (primary N) is 1. The van der Waals surface area contributed by atoms with Crippen LogP contribution in [0.4, 0.5) is 5.69 Å². The molecule has 114 valence electrons. The normalized spacial score (nSPS) is 11.1. The van der Waals surface area contributed by atoms with Gasteiger partial charge < -0.3 is 10.5 Å². The van der Waals surface area contributed by atoms with Crippen molar-refractivity contribution >= 4 is 21.7 Å². The highest BCUT2D eigenvalue weighted by Crippen LogP contribution is 2.23. The summed E-state index contributed by atoms with van der Waals surface area (Å²) in [6, 6.07) is 3.98. The molecule has 0 atom stereocenters. The maximum Gasteiger partial charge on any atom is 0.339 e. The molecule has 1 rings (SSSR count). The highest BCUT2D eigenvalue weighted by molar-refractivity contribution is 7.89. The summed E-state index contributed by atoms with van der Waals surface area (Å²) in [7, 11) is -2.72. The van der Waals surface area contributed by atoms with Crippen molar-refractivity contribution in [3.8, 4) is 12.3 Å². The number of nitrogen functional groups attached to an aromatic ring is 1. The number of hydrogen-bond donors (Lipinski definition) is 1. The summed E-state index contributed by atoms with van der Waals surface area (Å²) in [6.45, 7) is 2.03. The number of esters is 1. The molecule has 0 unspecified atom stereocenters. The first-order chi connectivity index (χ1) is 9.88. The summed E-state index contributed by atoms with van der Waals surface area (Å²) < 4.78 is 31.0. The van der Waals surface area contributed by atoms with E-state index >= 15 is 0 Å². The molecule has 6 nitrogen and oxygen atoms in total. The van der Waals surface area contributed by atoms with E-state index < -0.39 is 16.0 Å². The van der Waals surface area contributed by atoms with Crippen LogP contribution in [0.3, 0.4) is 0 Å². The molecule has 0 aromatic heterocycles. The number of anilines is 1. The lowest BCUT2D eigenvalue weighted by atomic mass is 10.2. The van der Waals surface area contributed by atoms with E-state index in [1.807, 2.05) is 6.92 Å². The number of ether oxygens (including phenoxy) is 1. The summed E-state index contributed by atoms with van der Waals surface area (Å²) in [6.07, 6.45) is 5.82. The third-order valence-electron chi connectivity index (χ3n) is 2.77. The van der Waals surface area contributed by atoms with Gasteiger partial charge in [0.1, 0.15) is 0 Å². The van der Waals surface area contributed by atoms with E-state index in [4.69, 9.17) is 12.2 Å². The van der Waals surface area contributed by atoms with Crippen molar-refractivity contribution in [1.29, 1.82) is 0 Å². The Kier molecular flexibility index (Phi) is 5.76. The van der Waals surface area contributed by atoms with Crippen LogP contribution in [-0.4, -0.2) is 38.9 Å². The Bertz CT molecular complexity index is 662. The smallest absolute Gasteiger partial charge is 0.339 e. The Morgan fingerprint density at radius 3 is 2.67 bits per heavy atom. The van der Waals surface area contributed by atoms with E-state index in [1.165, 1.54) is 25.3 Å². The number of nitrogens with zero attached hydrogens (tertiary/aromatic N) is 1. The van der Waals surface area contributed by atoms with Crippen molar-refractivity contribution in [3.05, 3.63) is 23.8 Å². The highest BCUT2D eigenvalue weighted by atomic mass is 32.2. The van der Waals surface area contributed by atoms with Crippen LogP contribution in [0.2, 0.25) is 0 Å². The van der Waals surface area contributed by atoms with Crippen molar-refractivity contribution < 1.29 is 17.9 Å². The van der Waals surface area contributed by atoms with Crippen LogP contribution in [-0.2, 0) is 14.8 Å². The summed E-state index contributed by atoms with van der Waals surface area (Å²) in [5, 5.41) is 0. The fourth-order valence-electron chi connectivity index (χ4n) is 1.82. The van der Waals surface area contributed by atoms with Crippen LogP contribution in [0.15, 0.2) is 23.1 Å². The van der Waals surface area contributed by atoms with Gasteiger partial charge in [-0.1, -0.05) is 12.8 Å². The Hall–Kier alpha value is -2.04. The van der Waals surface area contributed by atoms with Crippen LogP contribution in [0.25, 0.3) is 0 Å². The van der Waals surface area contributed by atoms with Gasteiger partial charge in [0.25, 0.3) is 0 Å². The molecule has 0 fully saturated rings. The highest BCUT2D eigenvalue weighted by Gasteiger charge is 2.28. The van der Waals surface area contributed by atoms with E-state index in [-0.39, 0.29) is 29.2 Å². The molecule has 0 saturated heterocycles. The molecule has 1 aromatic rings. The number of hydrogen-bond acceptors (Lipinski definition) is 5. The number of benzene rings is 1. The summed E-state index contributed by atoms with van der Waals surface area (Å²) >= 11 is 0. The zero-order valence-corrected chi connectivity index (χ0v) is 12.8. The standard InChI is InChI=1S/C14H18N2O4S/c1-4-8-16(9-5-2)21(18,19)13-7-6-11(15)10-12(13)14(17)20-3/h1,6-7,10H,5,8-9,15H2,2-3H3. The van der Waals surface area contributed by atoms with Crippen LogP contribution in [0, 0.1) is 12.3 Å². The minimum atomic E-state index is -3.89. The molecule has 21 heavy (non-hydrogen) atoms. The maximum absolute atomic E-state index is 12.6. The Labute approximate surface area is 124 Å². The Morgan fingerprint density at radius 1 is 1.48 bits per heavy atom. The van der Waals surface area contributed by atoms with Crippen molar-refractivity contribution in [2.24, 2.45) is 0 Å². The van der Waals surface area contributed by atoms with E-state index in [1.54, 1.807) is 0 Å². The molecule has 0 aliphatic rings. The molecule has 0 saturated carbocycles. The molecule has 0 amide bonds. The van der Waals surface area contributed by atoms with Gasteiger partial charge in [-0.05, 0) is 24.6 Å². The van der Waals surface area contributed by atoms with Crippen LogP contribution >= 0.6 is 0 Å². The van der Waals surface area contributed by atoms with Crippen LogP contribution in [0.5, 0.6) is 0 Å². The molecule has 7 heteroatoms. The van der Waals surface area contributed by atoms with Gasteiger partial charge in [-0.15, -0.1) is 6.42 Å². The predicted octanol–water partition coefficient (Wildman–Crippen LogP) is 1.09. The lowest BCUT2D eigenvalue weighted by Crippen LogP contribution is -2.33. The topological polar surface area (TPSA) is 89.7 Å². The van der Waals surface area contributed by atoms with Crippen molar-refractivity contribution in [3.63, 3.8) is 0 Å². The second-order valence-electron chi connectivity index (χ2n) is 4.29. The van der Waals surface area contributed by atoms with Crippen molar-refractivity contribution in [2.75, 3.05) is 25.9 Å². The average Bonchev–Trinajstić information content (AvgIpc) is 2.45. The lowest BCUT2D eigenvalue weighted by molar-refractivity contribution is 0.0596. The summed E-state index contributed by atoms with van der Waals surface area (Å²) in [5.74, 6) is 1.54. The number of methoxy groups -OCH3 is 1. The number of terminal acetylenes is 1. The molecule has 0 spiro atoms. The van der Waals surface area contributed by atoms with Crippen LogP contribution in [0.1, 0.15) is 23.7 Å². The largest absolute Gasteiger partial charge is 0.465 e. The summed E-state index contributed by atoms with van der Waals surface area (Å²) in [5.41, 5.74) is 5.78. The first kappa shape index (κ1) is 17.0. The van der Waals surface area contributed by atoms with Gasteiger partial charge in [-0.25, -0.2) is 13.2 Å². The minimum Gasteiger partial charge on any atom is -0.465 e. The van der Waals surface area contributed by atoms with E-state index in [9.17, 15) is 13.2 Å². The molecule has 0 radical (unpaired) electrons. The monoisotopic (exact) mass is 310 g/mol. The molecule has 0 aliphatic heterocycles. The third kappa shape index (κ3) is 3.74. The Morgan fingerprint density at radius 2 is 2.14 bits per heavy atom. The SMILES string of the molecule is C#CCN(CCC)S(=O)(=O)c1ccc(N)cc1C(=O)OC. The van der Waals surface area contributed by atoms with Crippen LogP contribution < -0.4 is 5.73 Å². The van der Waals surface area contributed by atoms with Gasteiger partial charge in [0.15, 0.2) is 0 Å². The fraction of sp³-hybridized carbons (Fsp3) is 0.357. The number of sulfonamides is 1. The van der Waals surface area contributed by atoms with Gasteiger partial charge in [-0.3, -0.25) is 0 Å². The fourth-order valence-corrected chi connectivity index (χ4v) is 3.42. The predicted molar refractivity (Wildman–Crippen MR) is 80.1 cm³/mol. The number of carbonyl (C=O) groups is 1. The Balaban J connectivity index is 3.43. The first-order valence-corrected chi connectivity index (χ1v) is 7.74. The van der Waals surface area contributed by atoms with Crippen molar-refractivity contribution in [1.82, 2.24) is 4.31 Å². The number of carbonyl (C=O) groups excluding carboxylic acids is 1. The zero-order chi connectivity index (χ0) is 16.0. The van der Waals surface area contributed by atoms with E-state index in [0.717, 1.165) is 4.31 Å². The van der Waals surface area contributed by atoms with Crippen molar-refractivity contribution in [2.45, 2.75) is 18.2 Å². The van der Waals surface area contributed by atoms with Gasteiger partial charge in [-0.2, -0.15) is 4.31 Å². The molecule has 0 heterocycles. The molecule has 0 aliphatic carbocycles. The van der Waals surface area contributed by atoms with E-state index in [2.05, 4.69) is 10.7 Å². The molecule has 2 N–H and O–H groups in total. The molecule has 1 aromatic carbocycles. The first-order valence-electron chi connectivity index (χ1n) is 6.30. The van der Waals surface area contributed by atoms with Gasteiger partial charge in [0, 0.05) is 12.2 Å². The average molecular weight is 310 g/mol. The molecular formula is C14H18N2O4S. The lowest BCUT2D eigenvalue weighted by Gasteiger charge is -2.20. The third-order valence-corrected chi connectivity index (χ3v) is 4.67. The van der Waals surface area contributed by atoms with Gasteiger partial charge in [0.2, 0.25) is 10.0 Å². The van der Waals surface area contributed by atoms with Gasteiger partial charge in [0.05, 0.1) is 24.1 Å². The quantitative estimate of drug-likeness (QED) is 0.482. The zero-order valence-electron chi connectivity index (χ0n) is 12.0. The second-order valence-corrected chi connectivity index (χ2v) is 6.20. The van der Waals surface area contributed by atoms with E-state index in [0.29, 0.717) is 6.42 Å². The summed E-state index contributed by atoms with van der Waals surface area (Å²) in [4.78, 5) is 11.6. The maximum atomic E-state index is 12.6. The minimum absolute atomic E-state index is 0.0683. The van der Waals surface area contributed by atoms with Gasteiger partial charge >= 0.3 is 5.97 Å².